The molecule has 0 radical (unpaired) electrons. The van der Waals surface area contributed by atoms with E-state index in [4.69, 9.17) is 15.0 Å². The van der Waals surface area contributed by atoms with Crippen LogP contribution in [0.2, 0.25) is 0 Å². The fourth-order valence-electron chi connectivity index (χ4n) is 1.65. The Morgan fingerprint density at radius 2 is 2.06 bits per heavy atom. The molecule has 0 aromatic carbocycles. The van der Waals surface area contributed by atoms with Crippen molar-refractivity contribution >= 4 is 0 Å². The molecule has 5 heteroatoms. The Morgan fingerprint density at radius 1 is 1.29 bits per heavy atom. The molecule has 0 saturated carbocycles. The van der Waals surface area contributed by atoms with Crippen molar-refractivity contribution in [2.75, 3.05) is 20.3 Å². The summed E-state index contributed by atoms with van der Waals surface area (Å²) in [5.74, 6) is 1.43. The highest BCUT2D eigenvalue weighted by Crippen LogP contribution is 2.25. The van der Waals surface area contributed by atoms with E-state index >= 15 is 0 Å². The molecular weight excluding hydrogens is 218 g/mol. The number of nitrogens with two attached hydrogens (primary N) is 1. The summed E-state index contributed by atoms with van der Waals surface area (Å²) < 4.78 is 10.2. The van der Waals surface area contributed by atoms with E-state index in [0.717, 1.165) is 31.6 Å². The van der Waals surface area contributed by atoms with Gasteiger partial charge in [0.05, 0.1) is 6.61 Å². The van der Waals surface area contributed by atoms with Crippen molar-refractivity contribution in [1.29, 1.82) is 0 Å². The third kappa shape index (κ3) is 5.28. The minimum absolute atomic E-state index is 0.232. The largest absolute Gasteiger partial charge is 0.384 e. The average Bonchev–Trinajstić information content (AvgIpc) is 2.72. The molecule has 0 fully saturated rings. The molecule has 0 atom stereocenters. The lowest BCUT2D eigenvalue weighted by Gasteiger charge is -2.22. The van der Waals surface area contributed by atoms with Crippen molar-refractivity contribution in [3.63, 3.8) is 0 Å². The zero-order valence-corrected chi connectivity index (χ0v) is 11.0. The van der Waals surface area contributed by atoms with Gasteiger partial charge < -0.3 is 15.0 Å². The van der Waals surface area contributed by atoms with E-state index in [0.29, 0.717) is 18.9 Å². The first-order valence-electron chi connectivity index (χ1n) is 6.08. The fraction of sp³-hybridized carbons (Fsp3) is 0.833. The van der Waals surface area contributed by atoms with Crippen LogP contribution in [-0.2, 0) is 17.6 Å². The van der Waals surface area contributed by atoms with E-state index in [2.05, 4.69) is 24.0 Å². The topological polar surface area (TPSA) is 74.2 Å². The molecule has 0 aliphatic rings. The Morgan fingerprint density at radius 3 is 2.71 bits per heavy atom. The number of hydrogen-bond acceptors (Lipinski definition) is 5. The van der Waals surface area contributed by atoms with Crippen LogP contribution in [0.15, 0.2) is 4.52 Å². The Kier molecular flexibility index (Phi) is 5.58. The molecule has 0 aliphatic carbocycles. The molecule has 5 nitrogen and oxygen atoms in total. The lowest BCUT2D eigenvalue weighted by atomic mass is 9.84. The molecule has 1 rings (SSSR count). The number of aromatic nitrogens is 2. The summed E-state index contributed by atoms with van der Waals surface area (Å²) in [6, 6.07) is 0. The Bertz CT molecular complexity index is 323. The second-order valence-corrected chi connectivity index (χ2v) is 5.05. The van der Waals surface area contributed by atoms with Crippen LogP contribution in [-0.4, -0.2) is 30.4 Å². The maximum absolute atomic E-state index is 5.58. The SMILES string of the molecule is COCCc1noc(CCC(C)(C)CCN)n1. The lowest BCUT2D eigenvalue weighted by Crippen LogP contribution is -2.17. The van der Waals surface area contributed by atoms with Gasteiger partial charge in [-0.2, -0.15) is 4.98 Å². The summed E-state index contributed by atoms with van der Waals surface area (Å²) in [4.78, 5) is 4.32. The third-order valence-corrected chi connectivity index (χ3v) is 2.88. The fourth-order valence-corrected chi connectivity index (χ4v) is 1.65. The number of ether oxygens (including phenoxy) is 1. The highest BCUT2D eigenvalue weighted by molar-refractivity contribution is 4.88. The molecule has 1 aromatic rings. The Balaban J connectivity index is 2.38. The van der Waals surface area contributed by atoms with Crippen molar-refractivity contribution in [3.05, 3.63) is 11.7 Å². The van der Waals surface area contributed by atoms with E-state index in [1.165, 1.54) is 0 Å². The van der Waals surface area contributed by atoms with Crippen LogP contribution >= 0.6 is 0 Å². The summed E-state index contributed by atoms with van der Waals surface area (Å²) in [7, 11) is 1.66. The van der Waals surface area contributed by atoms with Gasteiger partial charge in [-0.3, -0.25) is 0 Å². The van der Waals surface area contributed by atoms with Gasteiger partial charge in [-0.15, -0.1) is 0 Å². The number of methoxy groups -OCH3 is 1. The Labute approximate surface area is 103 Å². The van der Waals surface area contributed by atoms with Gasteiger partial charge in [0.25, 0.3) is 0 Å². The molecule has 0 bridgehead atoms. The minimum Gasteiger partial charge on any atom is -0.384 e. The van der Waals surface area contributed by atoms with Crippen molar-refractivity contribution in [3.8, 4) is 0 Å². The summed E-state index contributed by atoms with van der Waals surface area (Å²) >= 11 is 0. The minimum atomic E-state index is 0.232. The molecule has 2 N–H and O–H groups in total. The number of hydrogen-bond donors (Lipinski definition) is 1. The molecule has 0 spiro atoms. The number of rotatable bonds is 8. The van der Waals surface area contributed by atoms with Gasteiger partial charge in [0.2, 0.25) is 5.89 Å². The predicted molar refractivity (Wildman–Crippen MR) is 65.7 cm³/mol. The summed E-state index contributed by atoms with van der Waals surface area (Å²) in [5.41, 5.74) is 5.81. The smallest absolute Gasteiger partial charge is 0.226 e. The van der Waals surface area contributed by atoms with Crippen molar-refractivity contribution in [2.45, 2.75) is 39.5 Å². The van der Waals surface area contributed by atoms with Gasteiger partial charge in [0, 0.05) is 20.0 Å². The van der Waals surface area contributed by atoms with Crippen LogP contribution in [0.25, 0.3) is 0 Å². The van der Waals surface area contributed by atoms with Crippen molar-refractivity contribution < 1.29 is 9.26 Å². The standard InChI is InChI=1S/C12H23N3O2/c1-12(2,7-8-13)6-4-11-14-10(15-17-11)5-9-16-3/h4-9,13H2,1-3H3. The van der Waals surface area contributed by atoms with Gasteiger partial charge in [0.15, 0.2) is 5.82 Å². The van der Waals surface area contributed by atoms with Crippen molar-refractivity contribution in [2.24, 2.45) is 11.1 Å². The first kappa shape index (κ1) is 14.1. The zero-order chi connectivity index (χ0) is 12.7. The van der Waals surface area contributed by atoms with E-state index in [1.54, 1.807) is 7.11 Å². The maximum Gasteiger partial charge on any atom is 0.226 e. The molecule has 0 unspecified atom stereocenters. The second kappa shape index (κ2) is 6.71. The van der Waals surface area contributed by atoms with E-state index in [9.17, 15) is 0 Å². The zero-order valence-electron chi connectivity index (χ0n) is 11.0. The molecule has 0 amide bonds. The molecule has 17 heavy (non-hydrogen) atoms. The number of nitrogens with zero attached hydrogens (tertiary/aromatic N) is 2. The van der Waals surface area contributed by atoms with E-state index < -0.39 is 0 Å². The summed E-state index contributed by atoms with van der Waals surface area (Å²) in [6.45, 7) is 5.76. The normalized spacial score (nSPS) is 12.0. The molecule has 1 heterocycles. The quantitative estimate of drug-likeness (QED) is 0.747. The maximum atomic E-state index is 5.58. The van der Waals surface area contributed by atoms with Crippen LogP contribution < -0.4 is 5.73 Å². The van der Waals surface area contributed by atoms with Crippen LogP contribution in [0, 0.1) is 5.41 Å². The van der Waals surface area contributed by atoms with Gasteiger partial charge in [-0.25, -0.2) is 0 Å². The molecule has 0 aliphatic heterocycles. The highest BCUT2D eigenvalue weighted by atomic mass is 16.5. The average molecular weight is 241 g/mol. The van der Waals surface area contributed by atoms with Crippen LogP contribution in [0.3, 0.4) is 0 Å². The summed E-state index contributed by atoms with van der Waals surface area (Å²) in [6.07, 6.45) is 3.53. The van der Waals surface area contributed by atoms with E-state index in [-0.39, 0.29) is 5.41 Å². The van der Waals surface area contributed by atoms with Crippen LogP contribution in [0.4, 0.5) is 0 Å². The van der Waals surface area contributed by atoms with Crippen LogP contribution in [0.5, 0.6) is 0 Å². The van der Waals surface area contributed by atoms with Gasteiger partial charge in [0.1, 0.15) is 0 Å². The molecule has 98 valence electrons. The second-order valence-electron chi connectivity index (χ2n) is 5.05. The lowest BCUT2D eigenvalue weighted by molar-refractivity contribution is 0.199. The molecule has 1 aromatic heterocycles. The molecule has 0 saturated heterocycles. The molecular formula is C12H23N3O2. The highest BCUT2D eigenvalue weighted by Gasteiger charge is 2.18. The van der Waals surface area contributed by atoms with Crippen molar-refractivity contribution in [1.82, 2.24) is 10.1 Å². The monoisotopic (exact) mass is 241 g/mol. The third-order valence-electron chi connectivity index (χ3n) is 2.88. The first-order chi connectivity index (χ1) is 8.07. The van der Waals surface area contributed by atoms with Gasteiger partial charge >= 0.3 is 0 Å². The predicted octanol–water partition coefficient (Wildman–Crippen LogP) is 1.57. The van der Waals surface area contributed by atoms with Gasteiger partial charge in [-0.05, 0) is 24.8 Å². The van der Waals surface area contributed by atoms with E-state index in [1.807, 2.05) is 0 Å². The summed E-state index contributed by atoms with van der Waals surface area (Å²) in [5, 5.41) is 3.91. The first-order valence-corrected chi connectivity index (χ1v) is 6.08. The van der Waals surface area contributed by atoms with Gasteiger partial charge in [-0.1, -0.05) is 19.0 Å². The van der Waals surface area contributed by atoms with Crippen LogP contribution in [0.1, 0.15) is 38.4 Å². The Hall–Kier alpha value is -0.940. The number of aryl methyl sites for hydroxylation is 1.